The van der Waals surface area contributed by atoms with Crippen molar-refractivity contribution in [1.82, 2.24) is 10.2 Å². The molecule has 1 heterocycles. The second-order valence-corrected chi connectivity index (χ2v) is 6.33. The van der Waals surface area contributed by atoms with E-state index in [1.54, 1.807) is 31.4 Å². The van der Waals surface area contributed by atoms with Gasteiger partial charge < -0.3 is 9.15 Å². The van der Waals surface area contributed by atoms with Gasteiger partial charge >= 0.3 is 0 Å². The minimum atomic E-state index is -0.272. The van der Waals surface area contributed by atoms with Crippen molar-refractivity contribution >= 4 is 17.5 Å². The highest BCUT2D eigenvalue weighted by atomic mass is 32.2. The van der Waals surface area contributed by atoms with Crippen LogP contribution < -0.4 is 4.74 Å². The van der Waals surface area contributed by atoms with Gasteiger partial charge in [0.05, 0.1) is 12.4 Å². The van der Waals surface area contributed by atoms with E-state index in [-0.39, 0.29) is 11.0 Å². The molecule has 0 unspecified atom stereocenters. The molecule has 1 atom stereocenters. The van der Waals surface area contributed by atoms with Crippen molar-refractivity contribution in [2.24, 2.45) is 0 Å². The standard InChI is InChI=1S/C15H16N2O3S/c1-9(13(18)10-5-7-12(19-2)8-6-10)21-15-17-16-14(20-15)11-3-4-11/h5-9,11H,3-4H2,1-2H3/t9-/m1/s1. The first-order valence-corrected chi connectivity index (χ1v) is 7.73. The predicted octanol–water partition coefficient (Wildman–Crippen LogP) is 3.32. The van der Waals surface area contributed by atoms with Gasteiger partial charge in [0.15, 0.2) is 5.78 Å². The van der Waals surface area contributed by atoms with Crippen LogP contribution >= 0.6 is 11.8 Å². The molecule has 0 spiro atoms. The maximum atomic E-state index is 12.4. The molecule has 2 aromatic rings. The number of hydrogen-bond acceptors (Lipinski definition) is 6. The molecule has 0 radical (unpaired) electrons. The highest BCUT2D eigenvalue weighted by Crippen LogP contribution is 2.40. The molecule has 0 saturated heterocycles. The molecule has 110 valence electrons. The number of ether oxygens (including phenoxy) is 1. The summed E-state index contributed by atoms with van der Waals surface area (Å²) in [4.78, 5) is 12.4. The van der Waals surface area contributed by atoms with Gasteiger partial charge in [0.1, 0.15) is 5.75 Å². The maximum Gasteiger partial charge on any atom is 0.277 e. The number of Topliss-reactive ketones (excluding diaryl/α,β-unsaturated/α-hetero) is 1. The van der Waals surface area contributed by atoms with E-state index in [0.717, 1.165) is 18.6 Å². The van der Waals surface area contributed by atoms with Crippen molar-refractivity contribution in [1.29, 1.82) is 0 Å². The molecule has 0 amide bonds. The smallest absolute Gasteiger partial charge is 0.277 e. The van der Waals surface area contributed by atoms with Crippen LogP contribution in [0.3, 0.4) is 0 Å². The third-order valence-electron chi connectivity index (χ3n) is 3.37. The quantitative estimate of drug-likeness (QED) is 0.602. The van der Waals surface area contributed by atoms with Crippen LogP contribution in [-0.4, -0.2) is 28.3 Å². The number of thioether (sulfide) groups is 1. The second-order valence-electron chi connectivity index (χ2n) is 5.03. The number of hydrogen-bond donors (Lipinski definition) is 0. The van der Waals surface area contributed by atoms with E-state index in [2.05, 4.69) is 10.2 Å². The Morgan fingerprint density at radius 2 is 2.05 bits per heavy atom. The average Bonchev–Trinajstić information content (AvgIpc) is 3.27. The van der Waals surface area contributed by atoms with Crippen molar-refractivity contribution in [3.05, 3.63) is 35.7 Å². The lowest BCUT2D eigenvalue weighted by atomic mass is 10.1. The normalized spacial score (nSPS) is 15.7. The Balaban J connectivity index is 1.65. The van der Waals surface area contributed by atoms with Crippen LogP contribution in [0.1, 0.15) is 41.9 Å². The van der Waals surface area contributed by atoms with E-state index in [1.165, 1.54) is 11.8 Å². The summed E-state index contributed by atoms with van der Waals surface area (Å²) in [5, 5.41) is 8.21. The molecule has 5 nitrogen and oxygen atoms in total. The molecule has 1 saturated carbocycles. The van der Waals surface area contributed by atoms with Gasteiger partial charge in [-0.15, -0.1) is 10.2 Å². The van der Waals surface area contributed by atoms with Crippen molar-refractivity contribution in [2.45, 2.75) is 36.2 Å². The molecule has 3 rings (SSSR count). The molecule has 1 fully saturated rings. The molecule has 6 heteroatoms. The molecular weight excluding hydrogens is 288 g/mol. The molecule has 0 aliphatic heterocycles. The van der Waals surface area contributed by atoms with E-state index in [0.29, 0.717) is 22.6 Å². The zero-order chi connectivity index (χ0) is 14.8. The molecule has 0 bridgehead atoms. The third kappa shape index (κ3) is 3.26. The Labute approximate surface area is 127 Å². The molecule has 1 aliphatic rings. The van der Waals surface area contributed by atoms with Crippen molar-refractivity contribution in [2.75, 3.05) is 7.11 Å². The number of benzene rings is 1. The number of nitrogens with zero attached hydrogens (tertiary/aromatic N) is 2. The summed E-state index contributed by atoms with van der Waals surface area (Å²) >= 11 is 1.30. The van der Waals surface area contributed by atoms with Gasteiger partial charge in [-0.3, -0.25) is 4.79 Å². The number of ketones is 1. The number of carbonyl (C=O) groups excluding carboxylic acids is 1. The van der Waals surface area contributed by atoms with Gasteiger partial charge in [-0.25, -0.2) is 0 Å². The van der Waals surface area contributed by atoms with Gasteiger partial charge in [0, 0.05) is 11.5 Å². The third-order valence-corrected chi connectivity index (χ3v) is 4.30. The highest BCUT2D eigenvalue weighted by molar-refractivity contribution is 8.00. The van der Waals surface area contributed by atoms with Crippen LogP contribution in [-0.2, 0) is 0 Å². The number of methoxy groups -OCH3 is 1. The van der Waals surface area contributed by atoms with E-state index >= 15 is 0 Å². The van der Waals surface area contributed by atoms with Crippen molar-refractivity contribution in [3.63, 3.8) is 0 Å². The van der Waals surface area contributed by atoms with Gasteiger partial charge in [-0.05, 0) is 44.0 Å². The molecule has 1 aliphatic carbocycles. The van der Waals surface area contributed by atoms with Crippen LogP contribution in [0.25, 0.3) is 0 Å². The van der Waals surface area contributed by atoms with Crippen molar-refractivity contribution in [3.8, 4) is 5.75 Å². The highest BCUT2D eigenvalue weighted by Gasteiger charge is 2.30. The SMILES string of the molecule is COc1ccc(C(=O)[C@@H](C)Sc2nnc(C3CC3)o2)cc1. The van der Waals surface area contributed by atoms with Crippen LogP contribution in [0, 0.1) is 0 Å². The van der Waals surface area contributed by atoms with E-state index in [1.807, 2.05) is 6.92 Å². The molecule has 0 N–H and O–H groups in total. The summed E-state index contributed by atoms with van der Waals surface area (Å²) in [6, 6.07) is 7.09. The second kappa shape index (κ2) is 5.89. The van der Waals surface area contributed by atoms with E-state index < -0.39 is 0 Å². The van der Waals surface area contributed by atoms with Gasteiger partial charge in [0.2, 0.25) is 5.89 Å². The van der Waals surface area contributed by atoms with Crippen LogP contribution in [0.5, 0.6) is 5.75 Å². The number of rotatable bonds is 6. The Morgan fingerprint density at radius 1 is 1.33 bits per heavy atom. The maximum absolute atomic E-state index is 12.4. The zero-order valence-electron chi connectivity index (χ0n) is 11.9. The first-order valence-electron chi connectivity index (χ1n) is 6.85. The summed E-state index contributed by atoms with van der Waals surface area (Å²) < 4.78 is 10.7. The summed E-state index contributed by atoms with van der Waals surface area (Å²) in [5.74, 6) is 1.90. The Hall–Kier alpha value is -1.82. The summed E-state index contributed by atoms with van der Waals surface area (Å²) in [7, 11) is 1.60. The predicted molar refractivity (Wildman–Crippen MR) is 78.9 cm³/mol. The van der Waals surface area contributed by atoms with E-state index in [4.69, 9.17) is 9.15 Å². The number of carbonyl (C=O) groups is 1. The largest absolute Gasteiger partial charge is 0.497 e. The fraction of sp³-hybridized carbons (Fsp3) is 0.400. The molecule has 21 heavy (non-hydrogen) atoms. The topological polar surface area (TPSA) is 65.2 Å². The summed E-state index contributed by atoms with van der Waals surface area (Å²) in [6.45, 7) is 1.85. The average molecular weight is 304 g/mol. The van der Waals surface area contributed by atoms with Crippen LogP contribution in [0.4, 0.5) is 0 Å². The van der Waals surface area contributed by atoms with Crippen molar-refractivity contribution < 1.29 is 13.9 Å². The van der Waals surface area contributed by atoms with Gasteiger partial charge in [-0.1, -0.05) is 11.8 Å². The summed E-state index contributed by atoms with van der Waals surface area (Å²) in [6.07, 6.45) is 2.24. The number of aromatic nitrogens is 2. The van der Waals surface area contributed by atoms with E-state index in [9.17, 15) is 4.79 Å². The molecule has 1 aromatic heterocycles. The Kier molecular flexibility index (Phi) is 3.96. The first kappa shape index (κ1) is 14.1. The summed E-state index contributed by atoms with van der Waals surface area (Å²) in [5.41, 5.74) is 0.651. The fourth-order valence-corrected chi connectivity index (χ4v) is 2.73. The first-order chi connectivity index (χ1) is 10.2. The lowest BCUT2D eigenvalue weighted by molar-refractivity contribution is 0.0993. The zero-order valence-corrected chi connectivity index (χ0v) is 12.7. The Morgan fingerprint density at radius 3 is 2.67 bits per heavy atom. The fourth-order valence-electron chi connectivity index (χ4n) is 1.96. The monoisotopic (exact) mass is 304 g/mol. The van der Waals surface area contributed by atoms with Gasteiger partial charge in [-0.2, -0.15) is 0 Å². The minimum Gasteiger partial charge on any atom is -0.497 e. The van der Waals surface area contributed by atoms with Gasteiger partial charge in [0.25, 0.3) is 5.22 Å². The molecule has 1 aromatic carbocycles. The minimum absolute atomic E-state index is 0.0359. The van der Waals surface area contributed by atoms with Crippen LogP contribution in [0.15, 0.2) is 33.9 Å². The lowest BCUT2D eigenvalue weighted by Crippen LogP contribution is -2.13. The van der Waals surface area contributed by atoms with Crippen LogP contribution in [0.2, 0.25) is 0 Å². The Bertz CT molecular complexity index is 635. The lowest BCUT2D eigenvalue weighted by Gasteiger charge is -2.08. The molecular formula is C15H16N2O3S.